The minimum Gasteiger partial charge on any atom is -0.472 e. The average molecular weight is 295 g/mol. The lowest BCUT2D eigenvalue weighted by Gasteiger charge is -2.21. The molecular weight excluding hydrogens is 278 g/mol. The third-order valence-electron chi connectivity index (χ3n) is 3.46. The van der Waals surface area contributed by atoms with E-state index >= 15 is 0 Å². The van der Waals surface area contributed by atoms with Gasteiger partial charge in [0.05, 0.1) is 18.4 Å². The Morgan fingerprint density at radius 3 is 2.77 bits per heavy atom. The number of carbonyl (C=O) groups excluding carboxylic acids is 1. The van der Waals surface area contributed by atoms with E-state index in [2.05, 4.69) is 22.1 Å². The first-order chi connectivity index (χ1) is 10.8. The van der Waals surface area contributed by atoms with Gasteiger partial charge in [-0.2, -0.15) is 0 Å². The highest BCUT2D eigenvalue weighted by Crippen LogP contribution is 2.10. The van der Waals surface area contributed by atoms with Crippen molar-refractivity contribution >= 4 is 5.91 Å². The first-order valence-electron chi connectivity index (χ1n) is 7.16. The van der Waals surface area contributed by atoms with Gasteiger partial charge in [-0.25, -0.2) is 4.98 Å². The molecule has 1 amide bonds. The summed E-state index contributed by atoms with van der Waals surface area (Å²) in [7, 11) is 0. The fraction of sp³-hybridized carbons (Fsp3) is 0.176. The Morgan fingerprint density at radius 1 is 1.23 bits per heavy atom. The van der Waals surface area contributed by atoms with Gasteiger partial charge in [-0.1, -0.05) is 30.3 Å². The van der Waals surface area contributed by atoms with E-state index < -0.39 is 0 Å². The van der Waals surface area contributed by atoms with Crippen molar-refractivity contribution in [2.45, 2.75) is 13.0 Å². The van der Waals surface area contributed by atoms with Crippen LogP contribution in [0.1, 0.15) is 21.7 Å². The van der Waals surface area contributed by atoms with E-state index in [0.29, 0.717) is 18.7 Å². The third kappa shape index (κ3) is 3.44. The number of imidazole rings is 1. The largest absolute Gasteiger partial charge is 0.472 e. The van der Waals surface area contributed by atoms with Crippen molar-refractivity contribution in [1.29, 1.82) is 0 Å². The van der Waals surface area contributed by atoms with Crippen molar-refractivity contribution in [2.24, 2.45) is 0 Å². The van der Waals surface area contributed by atoms with E-state index in [-0.39, 0.29) is 5.91 Å². The van der Waals surface area contributed by atoms with E-state index in [0.717, 1.165) is 12.2 Å². The molecule has 2 heterocycles. The van der Waals surface area contributed by atoms with E-state index in [1.54, 1.807) is 23.4 Å². The summed E-state index contributed by atoms with van der Waals surface area (Å²) in [5.41, 5.74) is 1.76. The van der Waals surface area contributed by atoms with Gasteiger partial charge >= 0.3 is 0 Å². The molecule has 0 bridgehead atoms. The van der Waals surface area contributed by atoms with E-state index in [1.165, 1.54) is 18.1 Å². The van der Waals surface area contributed by atoms with E-state index in [1.807, 2.05) is 18.2 Å². The quantitative estimate of drug-likeness (QED) is 0.760. The molecule has 3 aromatic rings. The second kappa shape index (κ2) is 6.76. The second-order valence-corrected chi connectivity index (χ2v) is 5.01. The molecule has 3 rings (SSSR count). The Hall–Kier alpha value is -2.82. The Bertz CT molecular complexity index is 691. The number of benzene rings is 1. The normalized spacial score (nSPS) is 10.5. The first-order valence-corrected chi connectivity index (χ1v) is 7.16. The molecule has 22 heavy (non-hydrogen) atoms. The van der Waals surface area contributed by atoms with Crippen LogP contribution in [0.4, 0.5) is 0 Å². The number of hydrogen-bond donors (Lipinski definition) is 1. The van der Waals surface area contributed by atoms with Gasteiger partial charge in [0.25, 0.3) is 5.91 Å². The molecule has 0 spiro atoms. The lowest BCUT2D eigenvalue weighted by molar-refractivity contribution is 0.0740. The molecule has 0 radical (unpaired) electrons. The minimum atomic E-state index is -0.0546. The van der Waals surface area contributed by atoms with Gasteiger partial charge in [0.15, 0.2) is 0 Å². The van der Waals surface area contributed by atoms with Crippen LogP contribution in [0.15, 0.2) is 65.7 Å². The monoisotopic (exact) mass is 295 g/mol. The second-order valence-electron chi connectivity index (χ2n) is 5.01. The molecule has 5 nitrogen and oxygen atoms in total. The molecule has 0 fully saturated rings. The molecule has 5 heteroatoms. The maximum atomic E-state index is 12.6. The van der Waals surface area contributed by atoms with Crippen LogP contribution in [-0.2, 0) is 13.0 Å². The zero-order valence-electron chi connectivity index (χ0n) is 12.1. The maximum Gasteiger partial charge on any atom is 0.257 e. The van der Waals surface area contributed by atoms with E-state index in [4.69, 9.17) is 4.42 Å². The van der Waals surface area contributed by atoms with Crippen LogP contribution in [0.3, 0.4) is 0 Å². The predicted octanol–water partition coefficient (Wildman–Crippen LogP) is 2.89. The molecule has 0 saturated carbocycles. The van der Waals surface area contributed by atoms with Crippen LogP contribution in [0.5, 0.6) is 0 Å². The number of rotatable bonds is 6. The van der Waals surface area contributed by atoms with Gasteiger partial charge in [0.2, 0.25) is 0 Å². The van der Waals surface area contributed by atoms with Gasteiger partial charge in [-0.3, -0.25) is 4.79 Å². The number of nitrogens with zero attached hydrogens (tertiary/aromatic N) is 2. The molecule has 0 atom stereocenters. The van der Waals surface area contributed by atoms with Crippen LogP contribution < -0.4 is 0 Å². The number of nitrogens with one attached hydrogen (secondary N) is 1. The van der Waals surface area contributed by atoms with Crippen LogP contribution in [-0.4, -0.2) is 27.3 Å². The van der Waals surface area contributed by atoms with Gasteiger partial charge in [-0.05, 0) is 18.1 Å². The molecule has 2 aromatic heterocycles. The lowest BCUT2D eigenvalue weighted by Crippen LogP contribution is -2.32. The molecule has 1 N–H and O–H groups in total. The molecule has 0 saturated heterocycles. The predicted molar refractivity (Wildman–Crippen MR) is 82.2 cm³/mol. The number of furan rings is 1. The smallest absolute Gasteiger partial charge is 0.257 e. The molecular formula is C17H17N3O2. The van der Waals surface area contributed by atoms with Gasteiger partial charge in [0.1, 0.15) is 12.1 Å². The lowest BCUT2D eigenvalue weighted by atomic mass is 10.1. The van der Waals surface area contributed by atoms with Crippen LogP contribution in [0.25, 0.3) is 0 Å². The van der Waals surface area contributed by atoms with Gasteiger partial charge in [-0.15, -0.1) is 0 Å². The van der Waals surface area contributed by atoms with Crippen molar-refractivity contribution in [3.8, 4) is 0 Å². The Morgan fingerprint density at radius 2 is 2.09 bits per heavy atom. The number of amides is 1. The third-order valence-corrected chi connectivity index (χ3v) is 3.46. The van der Waals surface area contributed by atoms with Crippen molar-refractivity contribution in [1.82, 2.24) is 14.9 Å². The van der Waals surface area contributed by atoms with Gasteiger partial charge in [0, 0.05) is 18.9 Å². The van der Waals surface area contributed by atoms with Crippen molar-refractivity contribution in [3.05, 3.63) is 78.3 Å². The maximum absolute atomic E-state index is 12.6. The summed E-state index contributed by atoms with van der Waals surface area (Å²) in [6.07, 6.45) is 7.22. The molecule has 1 aromatic carbocycles. The van der Waals surface area contributed by atoms with Crippen LogP contribution in [0.2, 0.25) is 0 Å². The van der Waals surface area contributed by atoms with Crippen LogP contribution in [0, 0.1) is 0 Å². The summed E-state index contributed by atoms with van der Waals surface area (Å²) in [4.78, 5) is 21.6. The number of carbonyl (C=O) groups is 1. The Balaban J connectivity index is 1.72. The summed E-state index contributed by atoms with van der Waals surface area (Å²) in [6, 6.07) is 11.8. The number of aromatic amines is 1. The van der Waals surface area contributed by atoms with Crippen molar-refractivity contribution in [3.63, 3.8) is 0 Å². The number of aromatic nitrogens is 2. The summed E-state index contributed by atoms with van der Waals surface area (Å²) < 4.78 is 5.01. The topological polar surface area (TPSA) is 62.1 Å². The SMILES string of the molecule is O=C(c1ccoc1)N(CCc1ccccc1)Cc1ncc[nH]1. The molecule has 0 unspecified atom stereocenters. The minimum absolute atomic E-state index is 0.0546. The van der Waals surface area contributed by atoms with Crippen molar-refractivity contribution < 1.29 is 9.21 Å². The van der Waals surface area contributed by atoms with Crippen LogP contribution >= 0.6 is 0 Å². The highest BCUT2D eigenvalue weighted by Gasteiger charge is 2.18. The Kier molecular flexibility index (Phi) is 4.34. The standard InChI is InChI=1S/C17H17N3O2/c21-17(15-7-11-22-13-15)20(12-16-18-8-9-19-16)10-6-14-4-2-1-3-5-14/h1-5,7-9,11,13H,6,10,12H2,(H,18,19). The fourth-order valence-electron chi connectivity index (χ4n) is 2.30. The summed E-state index contributed by atoms with van der Waals surface area (Å²) in [5.74, 6) is 0.714. The highest BCUT2D eigenvalue weighted by atomic mass is 16.3. The zero-order chi connectivity index (χ0) is 15.2. The zero-order valence-corrected chi connectivity index (χ0v) is 12.1. The van der Waals surface area contributed by atoms with Gasteiger partial charge < -0.3 is 14.3 Å². The summed E-state index contributed by atoms with van der Waals surface area (Å²) in [5, 5.41) is 0. The fourth-order valence-corrected chi connectivity index (χ4v) is 2.30. The summed E-state index contributed by atoms with van der Waals surface area (Å²) in [6.45, 7) is 1.07. The highest BCUT2D eigenvalue weighted by molar-refractivity contribution is 5.93. The number of hydrogen-bond acceptors (Lipinski definition) is 3. The molecule has 0 aliphatic heterocycles. The van der Waals surface area contributed by atoms with Crippen molar-refractivity contribution in [2.75, 3.05) is 6.54 Å². The molecule has 0 aliphatic carbocycles. The number of H-pyrrole nitrogens is 1. The molecule has 112 valence electrons. The Labute approximate surface area is 128 Å². The summed E-state index contributed by atoms with van der Waals surface area (Å²) >= 11 is 0. The first kappa shape index (κ1) is 14.1. The van der Waals surface area contributed by atoms with E-state index in [9.17, 15) is 4.79 Å². The molecule has 0 aliphatic rings. The average Bonchev–Trinajstić information content (AvgIpc) is 3.25.